The van der Waals surface area contributed by atoms with E-state index in [1.165, 1.54) is 6.33 Å². The van der Waals surface area contributed by atoms with Crippen LogP contribution >= 0.6 is 0 Å². The maximum atomic E-state index is 5.23. The Balaban J connectivity index is 2.53. The van der Waals surface area contributed by atoms with Gasteiger partial charge < -0.3 is 10.2 Å². The first-order chi connectivity index (χ1) is 5.92. The topological polar surface area (TPSA) is 85.4 Å². The lowest BCUT2D eigenvalue weighted by Gasteiger charge is -2.12. The van der Waals surface area contributed by atoms with Gasteiger partial charge in [-0.3, -0.25) is 0 Å². The highest BCUT2D eigenvalue weighted by Crippen LogP contribution is 2.31. The zero-order chi connectivity index (χ0) is 8.39. The first-order valence-corrected chi connectivity index (χ1v) is 3.39. The summed E-state index contributed by atoms with van der Waals surface area (Å²) in [6.45, 7) is 0.426. The number of aliphatic imine (C=N–C) groups is 1. The van der Waals surface area contributed by atoms with Crippen LogP contribution in [-0.4, -0.2) is 22.8 Å². The number of nitrogens with zero attached hydrogens (tertiary/aromatic N) is 3. The Kier molecular flexibility index (Phi) is 1.60. The first kappa shape index (κ1) is 6.99. The minimum absolute atomic E-state index is 0.426. The van der Waals surface area contributed by atoms with Crippen LogP contribution in [0.15, 0.2) is 11.3 Å². The van der Waals surface area contributed by atoms with Crippen molar-refractivity contribution >= 4 is 17.9 Å². The fourth-order valence-corrected chi connectivity index (χ4v) is 0.936. The molecular formula is C6H7N5O. The Morgan fingerprint density at radius 1 is 1.50 bits per heavy atom. The van der Waals surface area contributed by atoms with Crippen molar-refractivity contribution in [3.63, 3.8) is 0 Å². The number of nitrogens with two attached hydrogens (primary N) is 1. The molecule has 62 valence electrons. The Hall–Kier alpha value is -1.69. The van der Waals surface area contributed by atoms with Crippen LogP contribution in [0.5, 0.6) is 5.75 Å². The van der Waals surface area contributed by atoms with Crippen LogP contribution in [0.3, 0.4) is 0 Å². The molecule has 3 N–H and O–H groups in total. The van der Waals surface area contributed by atoms with E-state index in [4.69, 9.17) is 10.6 Å². The van der Waals surface area contributed by atoms with Gasteiger partial charge in [-0.25, -0.2) is 20.8 Å². The molecule has 0 fully saturated rings. The summed E-state index contributed by atoms with van der Waals surface area (Å²) < 4.78 is 5.23. The Morgan fingerprint density at radius 3 is 3.25 bits per heavy atom. The van der Waals surface area contributed by atoms with Gasteiger partial charge >= 0.3 is 0 Å². The van der Waals surface area contributed by atoms with Crippen LogP contribution in [0.2, 0.25) is 0 Å². The molecule has 0 unspecified atom stereocenters. The molecule has 0 aromatic carbocycles. The lowest BCUT2D eigenvalue weighted by Crippen LogP contribution is -2.13. The van der Waals surface area contributed by atoms with Crippen molar-refractivity contribution in [3.05, 3.63) is 6.33 Å². The molecule has 2 heterocycles. The van der Waals surface area contributed by atoms with E-state index in [9.17, 15) is 0 Å². The molecule has 0 saturated carbocycles. The maximum absolute atomic E-state index is 5.23. The molecule has 0 saturated heterocycles. The van der Waals surface area contributed by atoms with Gasteiger partial charge in [-0.2, -0.15) is 0 Å². The second kappa shape index (κ2) is 2.74. The molecule has 6 heteroatoms. The van der Waals surface area contributed by atoms with Crippen molar-refractivity contribution in [2.24, 2.45) is 10.8 Å². The van der Waals surface area contributed by atoms with Gasteiger partial charge in [0, 0.05) is 6.21 Å². The van der Waals surface area contributed by atoms with Crippen LogP contribution < -0.4 is 16.0 Å². The van der Waals surface area contributed by atoms with Crippen molar-refractivity contribution in [3.8, 4) is 5.75 Å². The van der Waals surface area contributed by atoms with E-state index in [1.54, 1.807) is 6.21 Å². The molecule has 1 aliphatic rings. The molecule has 1 aromatic rings. The standard InChI is InChI=1S/C6H7N5O/c7-11-6-4-5(9-3-10-6)8-1-2-12-4/h1,3H,2,7H2,(H,9,10,11). The van der Waals surface area contributed by atoms with Crippen molar-refractivity contribution < 1.29 is 4.74 Å². The maximum Gasteiger partial charge on any atom is 0.208 e. The molecule has 1 aromatic heterocycles. The number of fused-ring (bicyclic) bond motifs is 1. The molecular weight excluding hydrogens is 158 g/mol. The molecule has 1 aliphatic heterocycles. The van der Waals surface area contributed by atoms with Crippen LogP contribution in [0.4, 0.5) is 11.6 Å². The Morgan fingerprint density at radius 2 is 2.42 bits per heavy atom. The fraction of sp³-hybridized carbons (Fsp3) is 0.167. The van der Waals surface area contributed by atoms with Crippen molar-refractivity contribution in [2.75, 3.05) is 12.0 Å². The van der Waals surface area contributed by atoms with Gasteiger partial charge in [-0.05, 0) is 0 Å². The minimum Gasteiger partial charge on any atom is -0.480 e. The highest BCUT2D eigenvalue weighted by molar-refractivity contribution is 5.72. The van der Waals surface area contributed by atoms with Crippen molar-refractivity contribution in [1.29, 1.82) is 0 Å². The summed E-state index contributed by atoms with van der Waals surface area (Å²) in [6, 6.07) is 0. The number of hydrogen-bond acceptors (Lipinski definition) is 6. The summed E-state index contributed by atoms with van der Waals surface area (Å²) in [6.07, 6.45) is 3.01. The molecule has 6 nitrogen and oxygen atoms in total. The zero-order valence-electron chi connectivity index (χ0n) is 6.19. The molecule has 0 radical (unpaired) electrons. The summed E-state index contributed by atoms with van der Waals surface area (Å²) in [5, 5.41) is 0. The summed E-state index contributed by atoms with van der Waals surface area (Å²) in [7, 11) is 0. The van der Waals surface area contributed by atoms with Crippen molar-refractivity contribution in [2.45, 2.75) is 0 Å². The highest BCUT2D eigenvalue weighted by atomic mass is 16.5. The lowest BCUT2D eigenvalue weighted by molar-refractivity contribution is 0.375. The Labute approximate surface area is 68.5 Å². The second-order valence-electron chi connectivity index (χ2n) is 2.14. The molecule has 0 spiro atoms. The number of hydrogen-bond donors (Lipinski definition) is 2. The third kappa shape index (κ3) is 0.978. The zero-order valence-corrected chi connectivity index (χ0v) is 6.19. The monoisotopic (exact) mass is 165 g/mol. The largest absolute Gasteiger partial charge is 0.480 e. The van der Waals surface area contributed by atoms with Crippen LogP contribution in [-0.2, 0) is 0 Å². The minimum atomic E-state index is 0.426. The smallest absolute Gasteiger partial charge is 0.208 e. The summed E-state index contributed by atoms with van der Waals surface area (Å²) >= 11 is 0. The molecule has 0 bridgehead atoms. The number of ether oxygens (including phenoxy) is 1. The van der Waals surface area contributed by atoms with Crippen LogP contribution in [0.25, 0.3) is 0 Å². The molecule has 2 rings (SSSR count). The van der Waals surface area contributed by atoms with Crippen molar-refractivity contribution in [1.82, 2.24) is 9.97 Å². The van der Waals surface area contributed by atoms with Gasteiger partial charge in [0.25, 0.3) is 0 Å². The number of nitrogens with one attached hydrogen (secondary N) is 1. The van der Waals surface area contributed by atoms with E-state index in [2.05, 4.69) is 20.4 Å². The van der Waals surface area contributed by atoms with Crippen LogP contribution in [0.1, 0.15) is 0 Å². The second-order valence-corrected chi connectivity index (χ2v) is 2.14. The quantitative estimate of drug-likeness (QED) is 0.446. The molecule has 0 amide bonds. The van der Waals surface area contributed by atoms with Crippen LogP contribution in [0, 0.1) is 0 Å². The third-order valence-corrected chi connectivity index (χ3v) is 1.44. The number of aromatic nitrogens is 2. The van der Waals surface area contributed by atoms with E-state index in [0.29, 0.717) is 24.0 Å². The van der Waals surface area contributed by atoms with E-state index < -0.39 is 0 Å². The highest BCUT2D eigenvalue weighted by Gasteiger charge is 2.13. The van der Waals surface area contributed by atoms with E-state index >= 15 is 0 Å². The lowest BCUT2D eigenvalue weighted by atomic mass is 10.4. The molecule has 0 atom stereocenters. The Bertz CT molecular complexity index is 324. The average Bonchev–Trinajstić information content (AvgIpc) is 2.17. The van der Waals surface area contributed by atoms with E-state index in [-0.39, 0.29) is 0 Å². The van der Waals surface area contributed by atoms with Gasteiger partial charge in [0.15, 0.2) is 11.6 Å². The third-order valence-electron chi connectivity index (χ3n) is 1.44. The molecule has 12 heavy (non-hydrogen) atoms. The molecule has 0 aliphatic carbocycles. The van der Waals surface area contributed by atoms with E-state index in [0.717, 1.165) is 0 Å². The summed E-state index contributed by atoms with van der Waals surface area (Å²) in [5.74, 6) is 6.66. The predicted molar refractivity (Wildman–Crippen MR) is 43.5 cm³/mol. The average molecular weight is 165 g/mol. The van der Waals surface area contributed by atoms with E-state index in [1.807, 2.05) is 0 Å². The number of hydrazine groups is 1. The fourth-order valence-electron chi connectivity index (χ4n) is 0.936. The van der Waals surface area contributed by atoms with Gasteiger partial charge in [0.2, 0.25) is 5.75 Å². The summed E-state index contributed by atoms with van der Waals surface area (Å²) in [4.78, 5) is 11.8. The first-order valence-electron chi connectivity index (χ1n) is 3.39. The predicted octanol–water partition coefficient (Wildman–Crippen LogP) is -0.143. The normalized spacial score (nSPS) is 13.4. The summed E-state index contributed by atoms with van der Waals surface area (Å²) in [5.41, 5.74) is 2.41. The SMILES string of the molecule is NNc1ncnc2c1OCC=N2. The number of rotatable bonds is 1. The van der Waals surface area contributed by atoms with Gasteiger partial charge in [0.1, 0.15) is 12.9 Å². The van der Waals surface area contributed by atoms with Gasteiger partial charge in [0.05, 0.1) is 0 Å². The van der Waals surface area contributed by atoms with Gasteiger partial charge in [-0.1, -0.05) is 0 Å². The van der Waals surface area contributed by atoms with Gasteiger partial charge in [-0.15, -0.1) is 0 Å². The number of nitrogen functional groups attached to an aromatic ring is 1. The number of anilines is 1.